The summed E-state index contributed by atoms with van der Waals surface area (Å²) in [6.45, 7) is 0.201. The van der Waals surface area contributed by atoms with E-state index in [2.05, 4.69) is 0 Å². The van der Waals surface area contributed by atoms with Crippen molar-refractivity contribution in [1.82, 2.24) is 0 Å². The molecule has 0 unspecified atom stereocenters. The van der Waals surface area contributed by atoms with E-state index in [-0.39, 0.29) is 27.8 Å². The first-order chi connectivity index (χ1) is 13.5. The van der Waals surface area contributed by atoms with Crippen LogP contribution in [0.3, 0.4) is 0 Å². The zero-order valence-electron chi connectivity index (χ0n) is 14.4. The number of ether oxygens (including phenoxy) is 1. The Morgan fingerprint density at radius 3 is 2.25 bits per heavy atom. The number of nitrogens with zero attached hydrogens (tertiary/aromatic N) is 1. The highest BCUT2D eigenvalue weighted by molar-refractivity contribution is 6.37. The molecule has 3 aromatic carbocycles. The van der Waals surface area contributed by atoms with Gasteiger partial charge in [0.1, 0.15) is 12.4 Å². The molecule has 0 radical (unpaired) electrons. The average molecular weight is 433 g/mol. The molecule has 0 spiro atoms. The van der Waals surface area contributed by atoms with Crippen molar-refractivity contribution in [2.75, 3.05) is 0 Å². The van der Waals surface area contributed by atoms with E-state index >= 15 is 0 Å². The molecule has 3 aromatic rings. The van der Waals surface area contributed by atoms with E-state index in [1.54, 1.807) is 30.3 Å². The van der Waals surface area contributed by atoms with Crippen molar-refractivity contribution >= 4 is 46.5 Å². The number of benzene rings is 3. The van der Waals surface area contributed by atoms with Crippen LogP contribution in [-0.2, 0) is 6.61 Å². The average Bonchev–Trinajstić information content (AvgIpc) is 2.67. The fraction of sp³-hybridized carbons (Fsp3) is 0.0455. The van der Waals surface area contributed by atoms with Gasteiger partial charge in [-0.05, 0) is 35.9 Å². The van der Waals surface area contributed by atoms with Crippen molar-refractivity contribution in [2.45, 2.75) is 6.61 Å². The summed E-state index contributed by atoms with van der Waals surface area (Å²) in [5.74, 6) is -0.169. The van der Waals surface area contributed by atoms with Gasteiger partial charge in [-0.3, -0.25) is 0 Å². The van der Waals surface area contributed by atoms with Gasteiger partial charge in [-0.2, -0.15) is 5.26 Å². The molecular formula is C22H13Cl3FNO. The van der Waals surface area contributed by atoms with Crippen LogP contribution in [0.2, 0.25) is 15.1 Å². The van der Waals surface area contributed by atoms with E-state index in [1.807, 2.05) is 24.3 Å². The number of hydrogen-bond acceptors (Lipinski definition) is 2. The summed E-state index contributed by atoms with van der Waals surface area (Å²) >= 11 is 18.8. The Hall–Kier alpha value is -2.51. The summed E-state index contributed by atoms with van der Waals surface area (Å²) in [5.41, 5.74) is 1.72. The number of allylic oxidation sites excluding steroid dienone is 1. The molecule has 0 saturated heterocycles. The highest BCUT2D eigenvalue weighted by Gasteiger charge is 2.12. The second kappa shape index (κ2) is 9.12. The van der Waals surface area contributed by atoms with Crippen molar-refractivity contribution in [3.05, 3.63) is 98.2 Å². The first kappa shape index (κ1) is 20.2. The molecule has 0 aliphatic rings. The standard InChI is InChI=1S/C22H13Cl3FNO/c23-18-7-3-1-5-15(18)13-28-22-19(24)10-14(11-20(22)25)9-16(12-27)17-6-2-4-8-21(17)26/h1-11H,13H2/b16-9-. The minimum atomic E-state index is -0.479. The Morgan fingerprint density at radius 2 is 1.61 bits per heavy atom. The second-order valence-electron chi connectivity index (χ2n) is 5.84. The van der Waals surface area contributed by atoms with Gasteiger partial charge in [0.05, 0.1) is 21.7 Å². The third-order valence-corrected chi connectivity index (χ3v) is 4.88. The van der Waals surface area contributed by atoms with Gasteiger partial charge in [0.25, 0.3) is 0 Å². The van der Waals surface area contributed by atoms with Crippen LogP contribution in [0.25, 0.3) is 11.6 Å². The van der Waals surface area contributed by atoms with Gasteiger partial charge < -0.3 is 4.74 Å². The molecule has 28 heavy (non-hydrogen) atoms. The van der Waals surface area contributed by atoms with Crippen molar-refractivity contribution in [3.8, 4) is 11.8 Å². The minimum absolute atomic E-state index is 0.162. The lowest BCUT2D eigenvalue weighted by molar-refractivity contribution is 0.306. The van der Waals surface area contributed by atoms with Crippen LogP contribution in [-0.4, -0.2) is 0 Å². The zero-order chi connectivity index (χ0) is 20.1. The third kappa shape index (κ3) is 4.66. The van der Waals surface area contributed by atoms with Gasteiger partial charge in [-0.25, -0.2) is 4.39 Å². The van der Waals surface area contributed by atoms with E-state index in [9.17, 15) is 9.65 Å². The topological polar surface area (TPSA) is 33.0 Å². The van der Waals surface area contributed by atoms with Gasteiger partial charge in [0.2, 0.25) is 0 Å². The van der Waals surface area contributed by atoms with Gasteiger partial charge in [0.15, 0.2) is 5.75 Å². The van der Waals surface area contributed by atoms with Crippen LogP contribution in [0.5, 0.6) is 5.75 Å². The lowest BCUT2D eigenvalue weighted by Gasteiger charge is -2.12. The molecule has 0 bridgehead atoms. The SMILES string of the molecule is N#C/C(=C/c1cc(Cl)c(OCc2ccccc2Cl)c(Cl)c1)c1ccccc1F. The molecule has 140 valence electrons. The molecule has 0 aromatic heterocycles. The summed E-state index contributed by atoms with van der Waals surface area (Å²) < 4.78 is 19.7. The summed E-state index contributed by atoms with van der Waals surface area (Å²) in [4.78, 5) is 0. The van der Waals surface area contributed by atoms with Crippen molar-refractivity contribution in [1.29, 1.82) is 5.26 Å². The van der Waals surface area contributed by atoms with Crippen molar-refractivity contribution in [2.24, 2.45) is 0 Å². The van der Waals surface area contributed by atoms with Crippen molar-refractivity contribution in [3.63, 3.8) is 0 Å². The van der Waals surface area contributed by atoms with Gasteiger partial charge in [-0.1, -0.05) is 71.2 Å². The molecule has 0 heterocycles. The summed E-state index contributed by atoms with van der Waals surface area (Å²) in [6, 6.07) is 18.6. The van der Waals surface area contributed by atoms with E-state index in [0.717, 1.165) is 5.56 Å². The largest absolute Gasteiger partial charge is 0.486 e. The normalized spacial score (nSPS) is 11.2. The second-order valence-corrected chi connectivity index (χ2v) is 7.07. The minimum Gasteiger partial charge on any atom is -0.486 e. The quantitative estimate of drug-likeness (QED) is 0.310. The van der Waals surface area contributed by atoms with Crippen LogP contribution in [0.4, 0.5) is 4.39 Å². The number of rotatable bonds is 5. The molecule has 0 aliphatic carbocycles. The van der Waals surface area contributed by atoms with Crippen LogP contribution >= 0.6 is 34.8 Å². The first-order valence-corrected chi connectivity index (χ1v) is 9.35. The molecule has 0 amide bonds. The zero-order valence-corrected chi connectivity index (χ0v) is 16.7. The maximum absolute atomic E-state index is 14.0. The molecule has 0 aliphatic heterocycles. The fourth-order valence-electron chi connectivity index (χ4n) is 2.58. The van der Waals surface area contributed by atoms with Crippen molar-refractivity contribution < 1.29 is 9.13 Å². The lowest BCUT2D eigenvalue weighted by atomic mass is 10.0. The molecule has 0 N–H and O–H groups in total. The molecule has 0 saturated carbocycles. The predicted octanol–water partition coefficient (Wildman–Crippen LogP) is 7.43. The number of hydrogen-bond donors (Lipinski definition) is 0. The monoisotopic (exact) mass is 431 g/mol. The van der Waals surface area contributed by atoms with E-state index < -0.39 is 5.82 Å². The predicted molar refractivity (Wildman–Crippen MR) is 112 cm³/mol. The number of halogens is 4. The molecule has 2 nitrogen and oxygen atoms in total. The van der Waals surface area contributed by atoms with Gasteiger partial charge >= 0.3 is 0 Å². The third-order valence-electron chi connectivity index (χ3n) is 3.95. The smallest absolute Gasteiger partial charge is 0.157 e. The fourth-order valence-corrected chi connectivity index (χ4v) is 3.39. The summed E-state index contributed by atoms with van der Waals surface area (Å²) in [5, 5.41) is 10.5. The van der Waals surface area contributed by atoms with Gasteiger partial charge in [0, 0.05) is 16.1 Å². The van der Waals surface area contributed by atoms with E-state index in [4.69, 9.17) is 39.5 Å². The molecule has 6 heteroatoms. The van der Waals surface area contributed by atoms with Crippen LogP contribution < -0.4 is 4.74 Å². The van der Waals surface area contributed by atoms with Crippen LogP contribution in [0.15, 0.2) is 60.7 Å². The maximum Gasteiger partial charge on any atom is 0.157 e. The Kier molecular flexibility index (Phi) is 6.59. The maximum atomic E-state index is 14.0. The Balaban J connectivity index is 1.88. The Morgan fingerprint density at radius 1 is 0.964 bits per heavy atom. The summed E-state index contributed by atoms with van der Waals surface area (Å²) in [6.07, 6.45) is 1.52. The molecule has 3 rings (SSSR count). The van der Waals surface area contributed by atoms with E-state index in [1.165, 1.54) is 18.2 Å². The summed E-state index contributed by atoms with van der Waals surface area (Å²) in [7, 11) is 0. The van der Waals surface area contributed by atoms with Crippen LogP contribution in [0, 0.1) is 17.1 Å². The lowest BCUT2D eigenvalue weighted by Crippen LogP contribution is -1.98. The van der Waals surface area contributed by atoms with Crippen LogP contribution in [0.1, 0.15) is 16.7 Å². The highest BCUT2D eigenvalue weighted by Crippen LogP contribution is 2.36. The Labute approximate surface area is 177 Å². The Bertz CT molecular complexity index is 1070. The molecular weight excluding hydrogens is 420 g/mol. The first-order valence-electron chi connectivity index (χ1n) is 8.21. The van der Waals surface area contributed by atoms with Gasteiger partial charge in [-0.15, -0.1) is 0 Å². The highest BCUT2D eigenvalue weighted by atomic mass is 35.5. The molecule has 0 atom stereocenters. The number of nitriles is 1. The molecule has 0 fully saturated rings. The van der Waals surface area contributed by atoms with E-state index in [0.29, 0.717) is 16.3 Å².